The van der Waals surface area contributed by atoms with E-state index >= 15 is 0 Å². The molecule has 9 nitrogen and oxygen atoms in total. The summed E-state index contributed by atoms with van der Waals surface area (Å²) in [6.45, 7) is 0. The Kier molecular flexibility index (Phi) is 7.78. The third-order valence-corrected chi connectivity index (χ3v) is 8.77. The van der Waals surface area contributed by atoms with Crippen LogP contribution in [-0.2, 0) is 11.4 Å². The fourth-order valence-corrected chi connectivity index (χ4v) is 6.53. The van der Waals surface area contributed by atoms with Crippen molar-refractivity contribution >= 4 is 51.4 Å². The number of hydrogen-bond donors (Lipinski definition) is 3. The number of nitrogens with one attached hydrogen (secondary N) is 2. The molecule has 41 heavy (non-hydrogen) atoms. The summed E-state index contributed by atoms with van der Waals surface area (Å²) in [5.74, 6) is 0.229. The molecule has 1 fully saturated rings. The number of amides is 1. The number of fused-ring (bicyclic) bond motifs is 1. The van der Waals surface area contributed by atoms with E-state index < -0.39 is 11.4 Å². The van der Waals surface area contributed by atoms with E-state index in [1.807, 2.05) is 60.8 Å². The molecule has 0 spiro atoms. The van der Waals surface area contributed by atoms with Crippen LogP contribution in [0.3, 0.4) is 0 Å². The van der Waals surface area contributed by atoms with Crippen LogP contribution in [0.5, 0.6) is 0 Å². The van der Waals surface area contributed by atoms with Crippen LogP contribution < -0.4 is 16.4 Å². The van der Waals surface area contributed by atoms with Gasteiger partial charge in [-0.1, -0.05) is 48.0 Å². The maximum atomic E-state index is 13.5. The Balaban J connectivity index is 1.23. The van der Waals surface area contributed by atoms with Gasteiger partial charge < -0.3 is 20.9 Å². The van der Waals surface area contributed by atoms with E-state index in [2.05, 4.69) is 20.6 Å². The second-order valence-electron chi connectivity index (χ2n) is 9.99. The van der Waals surface area contributed by atoms with Gasteiger partial charge in [0.25, 0.3) is 5.91 Å². The first-order chi connectivity index (χ1) is 20.0. The Morgan fingerprint density at radius 3 is 2.59 bits per heavy atom. The lowest BCUT2D eigenvalue weighted by molar-refractivity contribution is 0.0921. The number of pyridine rings is 1. The summed E-state index contributed by atoms with van der Waals surface area (Å²) in [6.07, 6.45) is 8.36. The SMILES string of the molecule is Nc1ccc(C(=O)N[C@H]2CCC[C@@H](Nc3ncc(Cl)c(-c4cn([S+]([O-])c5ccccc5)c5ccccc45)n3)C2)nc1. The minimum Gasteiger partial charge on any atom is -0.587 e. The van der Waals surface area contributed by atoms with Crippen molar-refractivity contribution in [3.8, 4) is 11.3 Å². The molecule has 3 aromatic heterocycles. The Labute approximate surface area is 245 Å². The molecule has 1 aliphatic carbocycles. The molecule has 208 valence electrons. The number of benzene rings is 2. The van der Waals surface area contributed by atoms with E-state index in [-0.39, 0.29) is 18.0 Å². The molecule has 5 aromatic rings. The lowest BCUT2D eigenvalue weighted by atomic mass is 9.91. The first-order valence-electron chi connectivity index (χ1n) is 13.4. The Bertz CT molecular complexity index is 1680. The molecule has 0 aliphatic heterocycles. The average Bonchev–Trinajstić information content (AvgIpc) is 3.38. The van der Waals surface area contributed by atoms with Crippen molar-refractivity contribution in [2.45, 2.75) is 42.7 Å². The highest BCUT2D eigenvalue weighted by Gasteiger charge is 2.26. The second-order valence-corrected chi connectivity index (χ2v) is 11.8. The number of hydrogen-bond acceptors (Lipinski definition) is 7. The molecule has 0 bridgehead atoms. The number of nitrogen functional groups attached to an aromatic ring is 1. The zero-order valence-corrected chi connectivity index (χ0v) is 23.6. The zero-order valence-electron chi connectivity index (χ0n) is 22.0. The molecule has 4 N–H and O–H groups in total. The van der Waals surface area contributed by atoms with Gasteiger partial charge in [0.1, 0.15) is 17.1 Å². The van der Waals surface area contributed by atoms with Gasteiger partial charge in [0.05, 0.1) is 40.5 Å². The summed E-state index contributed by atoms with van der Waals surface area (Å²) < 4.78 is 15.2. The largest absolute Gasteiger partial charge is 0.587 e. The molecule has 11 heteroatoms. The molecular formula is C30H28ClN7O2S. The molecule has 1 saturated carbocycles. The van der Waals surface area contributed by atoms with E-state index in [1.165, 1.54) is 6.20 Å². The minimum atomic E-state index is -1.45. The zero-order chi connectivity index (χ0) is 28.3. The number of halogens is 1. The molecular weight excluding hydrogens is 558 g/mol. The number of para-hydroxylation sites is 1. The normalized spacial score (nSPS) is 17.7. The monoisotopic (exact) mass is 585 g/mol. The van der Waals surface area contributed by atoms with Crippen LogP contribution in [0.4, 0.5) is 11.6 Å². The molecule has 1 amide bonds. The molecule has 2 aromatic carbocycles. The fourth-order valence-electron chi connectivity index (χ4n) is 5.19. The average molecular weight is 586 g/mol. The van der Waals surface area contributed by atoms with Crippen molar-refractivity contribution in [2.75, 3.05) is 11.1 Å². The van der Waals surface area contributed by atoms with Crippen LogP contribution in [0.25, 0.3) is 22.2 Å². The Hall–Kier alpha value is -4.12. The Morgan fingerprint density at radius 2 is 1.78 bits per heavy atom. The summed E-state index contributed by atoms with van der Waals surface area (Å²) in [5.41, 5.74) is 8.68. The third kappa shape index (κ3) is 5.85. The highest BCUT2D eigenvalue weighted by atomic mass is 35.5. The quantitative estimate of drug-likeness (QED) is 0.216. The molecule has 0 radical (unpaired) electrons. The number of carbonyl (C=O) groups is 1. The highest BCUT2D eigenvalue weighted by Crippen LogP contribution is 2.36. The van der Waals surface area contributed by atoms with E-state index in [0.717, 1.165) is 42.1 Å². The van der Waals surface area contributed by atoms with Crippen LogP contribution in [0, 0.1) is 0 Å². The lowest BCUT2D eigenvalue weighted by Crippen LogP contribution is -2.42. The number of carbonyl (C=O) groups excluding carboxylic acids is 1. The predicted octanol–water partition coefficient (Wildman–Crippen LogP) is 5.45. The van der Waals surface area contributed by atoms with Gasteiger partial charge in [-0.3, -0.25) is 4.79 Å². The number of nitrogens with two attached hydrogens (primary N) is 1. The summed E-state index contributed by atoms with van der Waals surface area (Å²) in [4.78, 5) is 26.7. The van der Waals surface area contributed by atoms with Gasteiger partial charge in [-0.05, 0) is 56.0 Å². The summed E-state index contributed by atoms with van der Waals surface area (Å²) in [5, 5.41) is 7.81. The van der Waals surface area contributed by atoms with Gasteiger partial charge in [0, 0.05) is 23.0 Å². The number of nitrogens with zero attached hydrogens (tertiary/aromatic N) is 4. The van der Waals surface area contributed by atoms with E-state index in [4.69, 9.17) is 22.3 Å². The molecule has 3 atom stereocenters. The number of anilines is 2. The van der Waals surface area contributed by atoms with E-state index in [0.29, 0.717) is 32.9 Å². The minimum absolute atomic E-state index is 0.00850. The van der Waals surface area contributed by atoms with Crippen molar-refractivity contribution in [3.05, 3.63) is 96.0 Å². The van der Waals surface area contributed by atoms with Gasteiger partial charge in [0.15, 0.2) is 4.90 Å². The maximum absolute atomic E-state index is 13.5. The fraction of sp³-hybridized carbons (Fsp3) is 0.200. The van der Waals surface area contributed by atoms with Crippen LogP contribution in [0.2, 0.25) is 5.02 Å². The third-order valence-electron chi connectivity index (χ3n) is 7.16. The number of aromatic nitrogens is 4. The van der Waals surface area contributed by atoms with Crippen molar-refractivity contribution in [1.82, 2.24) is 24.2 Å². The highest BCUT2D eigenvalue weighted by molar-refractivity contribution is 7.90. The van der Waals surface area contributed by atoms with Gasteiger partial charge in [-0.2, -0.15) is 3.97 Å². The standard InChI is InChI=1S/C30H28ClN7O2S/c31-25-17-34-30(36-21-8-6-7-20(15-21)35-29(39)26-14-13-19(32)16-33-26)37-28(25)24-18-38(27-12-5-4-11-23(24)27)41(40)22-9-2-1-3-10-22/h1-5,9-14,16-18,20-21H,6-8,15,32H2,(H,35,39)(H,34,36,37)/t20-,21+,41?/m0/s1. The van der Waals surface area contributed by atoms with Crippen LogP contribution >= 0.6 is 11.6 Å². The number of rotatable bonds is 7. The first kappa shape index (κ1) is 27.1. The molecule has 1 aliphatic rings. The Morgan fingerprint density at radius 1 is 1.00 bits per heavy atom. The van der Waals surface area contributed by atoms with Crippen molar-refractivity contribution in [2.24, 2.45) is 0 Å². The second kappa shape index (κ2) is 11.8. The van der Waals surface area contributed by atoms with Crippen LogP contribution in [0.15, 0.2) is 90.2 Å². The van der Waals surface area contributed by atoms with Crippen molar-refractivity contribution in [3.63, 3.8) is 0 Å². The first-order valence-corrected chi connectivity index (χ1v) is 14.8. The smallest absolute Gasteiger partial charge is 0.270 e. The van der Waals surface area contributed by atoms with Gasteiger partial charge in [0.2, 0.25) is 5.95 Å². The summed E-state index contributed by atoms with van der Waals surface area (Å²) in [7, 11) is 0. The predicted molar refractivity (Wildman–Crippen MR) is 162 cm³/mol. The maximum Gasteiger partial charge on any atom is 0.270 e. The lowest BCUT2D eigenvalue weighted by Gasteiger charge is -2.30. The van der Waals surface area contributed by atoms with Crippen molar-refractivity contribution < 1.29 is 9.35 Å². The molecule has 1 unspecified atom stereocenters. The van der Waals surface area contributed by atoms with Gasteiger partial charge >= 0.3 is 0 Å². The van der Waals surface area contributed by atoms with Crippen molar-refractivity contribution in [1.29, 1.82) is 0 Å². The topological polar surface area (TPSA) is 134 Å². The van der Waals surface area contributed by atoms with E-state index in [9.17, 15) is 9.35 Å². The molecule has 3 heterocycles. The van der Waals surface area contributed by atoms with Gasteiger partial charge in [-0.15, -0.1) is 0 Å². The van der Waals surface area contributed by atoms with Crippen LogP contribution in [0.1, 0.15) is 36.2 Å². The van der Waals surface area contributed by atoms with Crippen LogP contribution in [-0.4, -0.2) is 41.5 Å². The molecule has 0 saturated heterocycles. The van der Waals surface area contributed by atoms with E-state index in [1.54, 1.807) is 22.3 Å². The summed E-state index contributed by atoms with van der Waals surface area (Å²) >= 11 is 5.18. The van der Waals surface area contributed by atoms with Gasteiger partial charge in [-0.25, -0.2) is 15.0 Å². The summed E-state index contributed by atoms with van der Waals surface area (Å²) in [6, 6.07) is 20.4. The molecule has 6 rings (SSSR count).